The molecular formula is C9H16. The maximum atomic E-state index is 2.39. The van der Waals surface area contributed by atoms with Crippen molar-refractivity contribution in [1.29, 1.82) is 0 Å². The molecule has 0 spiro atoms. The van der Waals surface area contributed by atoms with Crippen molar-refractivity contribution in [2.45, 2.75) is 39.5 Å². The van der Waals surface area contributed by atoms with Gasteiger partial charge in [0.2, 0.25) is 0 Å². The lowest BCUT2D eigenvalue weighted by molar-refractivity contribution is 0.318. The summed E-state index contributed by atoms with van der Waals surface area (Å²) in [6.07, 6.45) is 9.96. The highest BCUT2D eigenvalue weighted by molar-refractivity contribution is 5.00. The molecule has 0 unspecified atom stereocenters. The Kier molecular flexibility index (Phi) is 1.94. The fourth-order valence-corrected chi connectivity index (χ4v) is 1.63. The Bertz CT molecular complexity index is 103. The van der Waals surface area contributed by atoms with Crippen LogP contribution in [0.2, 0.25) is 0 Å². The summed E-state index contributed by atoms with van der Waals surface area (Å²) in [5.41, 5.74) is 0.634. The molecule has 0 atom stereocenters. The smallest absolute Gasteiger partial charge is 0.0257 e. The first-order chi connectivity index (χ1) is 4.27. The molecule has 0 saturated carbocycles. The minimum absolute atomic E-state index is 0.634. The predicted molar refractivity (Wildman–Crippen MR) is 41.4 cm³/mol. The van der Waals surface area contributed by atoms with Crippen LogP contribution in [0.4, 0.5) is 0 Å². The molecule has 1 aliphatic rings. The highest BCUT2D eigenvalue weighted by Crippen LogP contribution is 2.36. The topological polar surface area (TPSA) is 0 Å². The van der Waals surface area contributed by atoms with E-state index in [1.165, 1.54) is 25.7 Å². The molecule has 52 valence electrons. The van der Waals surface area contributed by atoms with Gasteiger partial charge in [-0.2, -0.15) is 0 Å². The van der Waals surface area contributed by atoms with Crippen LogP contribution < -0.4 is 0 Å². The predicted octanol–water partition coefficient (Wildman–Crippen LogP) is 3.14. The second-order valence-electron chi connectivity index (χ2n) is 3.44. The van der Waals surface area contributed by atoms with Crippen molar-refractivity contribution < 1.29 is 0 Å². The van der Waals surface area contributed by atoms with Crippen LogP contribution in [0.1, 0.15) is 39.5 Å². The second kappa shape index (κ2) is 2.55. The summed E-state index contributed by atoms with van der Waals surface area (Å²) in [6.45, 7) is 4.65. The molecule has 0 aliphatic heterocycles. The summed E-state index contributed by atoms with van der Waals surface area (Å²) < 4.78 is 0. The van der Waals surface area contributed by atoms with Crippen molar-refractivity contribution in [3.8, 4) is 0 Å². The lowest BCUT2D eigenvalue weighted by atomic mass is 9.83. The van der Waals surface area contributed by atoms with Crippen molar-refractivity contribution in [1.82, 2.24) is 0 Å². The molecule has 0 fully saturated rings. The summed E-state index contributed by atoms with van der Waals surface area (Å²) >= 11 is 0. The standard InChI is InChI=1S/C9H16/c1-3-6-9(2)7-4-5-8-9/h4-5H,3,6-8H2,1-2H3. The zero-order valence-electron chi connectivity index (χ0n) is 6.48. The lowest BCUT2D eigenvalue weighted by Crippen LogP contribution is -2.09. The Labute approximate surface area is 58.0 Å². The van der Waals surface area contributed by atoms with Crippen molar-refractivity contribution >= 4 is 0 Å². The third kappa shape index (κ3) is 1.57. The second-order valence-corrected chi connectivity index (χ2v) is 3.44. The van der Waals surface area contributed by atoms with Gasteiger partial charge in [-0.1, -0.05) is 32.4 Å². The maximum Gasteiger partial charge on any atom is -0.0257 e. The van der Waals surface area contributed by atoms with E-state index in [0.29, 0.717) is 5.41 Å². The van der Waals surface area contributed by atoms with Crippen LogP contribution in [0.3, 0.4) is 0 Å². The Hall–Kier alpha value is -0.260. The van der Waals surface area contributed by atoms with Crippen LogP contribution in [0.15, 0.2) is 12.2 Å². The van der Waals surface area contributed by atoms with Crippen LogP contribution in [-0.2, 0) is 0 Å². The van der Waals surface area contributed by atoms with Crippen molar-refractivity contribution in [3.05, 3.63) is 12.2 Å². The molecule has 9 heavy (non-hydrogen) atoms. The zero-order valence-corrected chi connectivity index (χ0v) is 6.48. The largest absolute Gasteiger partial charge is 0.0880 e. The van der Waals surface area contributed by atoms with Crippen LogP contribution in [0.25, 0.3) is 0 Å². The maximum absolute atomic E-state index is 2.39. The molecule has 0 aromatic rings. The van der Waals surface area contributed by atoms with Gasteiger partial charge in [0, 0.05) is 0 Å². The molecule has 0 N–H and O–H groups in total. The van der Waals surface area contributed by atoms with Crippen molar-refractivity contribution in [3.63, 3.8) is 0 Å². The Morgan fingerprint density at radius 2 is 1.89 bits per heavy atom. The number of hydrogen-bond acceptors (Lipinski definition) is 0. The van der Waals surface area contributed by atoms with Crippen molar-refractivity contribution in [2.24, 2.45) is 5.41 Å². The molecule has 0 aromatic carbocycles. The molecule has 1 aliphatic carbocycles. The van der Waals surface area contributed by atoms with Crippen LogP contribution in [-0.4, -0.2) is 0 Å². The Balaban J connectivity index is 2.36. The molecule has 0 heterocycles. The Morgan fingerprint density at radius 3 is 2.33 bits per heavy atom. The molecule has 0 saturated heterocycles. The Morgan fingerprint density at radius 1 is 1.33 bits per heavy atom. The van der Waals surface area contributed by atoms with Gasteiger partial charge in [0.05, 0.1) is 0 Å². The normalized spacial score (nSPS) is 22.9. The van der Waals surface area contributed by atoms with Gasteiger partial charge in [-0.05, 0) is 24.7 Å². The minimum Gasteiger partial charge on any atom is -0.0880 e. The van der Waals surface area contributed by atoms with Gasteiger partial charge in [0.1, 0.15) is 0 Å². The molecule has 0 bridgehead atoms. The van der Waals surface area contributed by atoms with Crippen LogP contribution >= 0.6 is 0 Å². The summed E-state index contributed by atoms with van der Waals surface area (Å²) in [5.74, 6) is 0. The van der Waals surface area contributed by atoms with E-state index in [9.17, 15) is 0 Å². The molecule has 1 rings (SSSR count). The molecule has 0 amide bonds. The molecular weight excluding hydrogens is 108 g/mol. The molecule has 0 heteroatoms. The zero-order chi connectivity index (χ0) is 6.74. The van der Waals surface area contributed by atoms with Crippen molar-refractivity contribution in [2.75, 3.05) is 0 Å². The first-order valence-corrected chi connectivity index (χ1v) is 3.92. The van der Waals surface area contributed by atoms with Crippen LogP contribution in [0.5, 0.6) is 0 Å². The highest BCUT2D eigenvalue weighted by Gasteiger charge is 2.23. The van der Waals surface area contributed by atoms with E-state index in [1.807, 2.05) is 0 Å². The molecule has 0 nitrogen and oxygen atoms in total. The molecule has 0 radical (unpaired) electrons. The van der Waals surface area contributed by atoms with E-state index in [1.54, 1.807) is 0 Å². The third-order valence-corrected chi connectivity index (χ3v) is 2.24. The fourth-order valence-electron chi connectivity index (χ4n) is 1.63. The quantitative estimate of drug-likeness (QED) is 0.496. The van der Waals surface area contributed by atoms with Gasteiger partial charge in [0.15, 0.2) is 0 Å². The summed E-state index contributed by atoms with van der Waals surface area (Å²) in [5, 5.41) is 0. The number of hydrogen-bond donors (Lipinski definition) is 0. The van der Waals surface area contributed by atoms with Gasteiger partial charge < -0.3 is 0 Å². The average molecular weight is 124 g/mol. The van der Waals surface area contributed by atoms with E-state index in [-0.39, 0.29) is 0 Å². The van der Waals surface area contributed by atoms with Gasteiger partial charge in [0.25, 0.3) is 0 Å². The van der Waals surface area contributed by atoms with Crippen LogP contribution in [0, 0.1) is 5.41 Å². The average Bonchev–Trinajstić information content (AvgIpc) is 2.16. The van der Waals surface area contributed by atoms with E-state index >= 15 is 0 Å². The lowest BCUT2D eigenvalue weighted by Gasteiger charge is -2.21. The molecule has 0 aromatic heterocycles. The van der Waals surface area contributed by atoms with E-state index in [2.05, 4.69) is 26.0 Å². The highest BCUT2D eigenvalue weighted by atomic mass is 14.3. The minimum atomic E-state index is 0.634. The monoisotopic (exact) mass is 124 g/mol. The van der Waals surface area contributed by atoms with E-state index in [4.69, 9.17) is 0 Å². The first-order valence-electron chi connectivity index (χ1n) is 3.92. The number of rotatable bonds is 2. The summed E-state index contributed by atoms with van der Waals surface area (Å²) in [7, 11) is 0. The SMILES string of the molecule is CCCC1(C)CC=CC1. The summed E-state index contributed by atoms with van der Waals surface area (Å²) in [4.78, 5) is 0. The van der Waals surface area contributed by atoms with E-state index < -0.39 is 0 Å². The van der Waals surface area contributed by atoms with Gasteiger partial charge in [-0.3, -0.25) is 0 Å². The third-order valence-electron chi connectivity index (χ3n) is 2.24. The van der Waals surface area contributed by atoms with Gasteiger partial charge >= 0.3 is 0 Å². The summed E-state index contributed by atoms with van der Waals surface area (Å²) in [6, 6.07) is 0. The number of allylic oxidation sites excluding steroid dienone is 2. The van der Waals surface area contributed by atoms with Gasteiger partial charge in [-0.25, -0.2) is 0 Å². The van der Waals surface area contributed by atoms with Gasteiger partial charge in [-0.15, -0.1) is 0 Å². The fraction of sp³-hybridized carbons (Fsp3) is 0.778. The first kappa shape index (κ1) is 6.85. The van der Waals surface area contributed by atoms with E-state index in [0.717, 1.165) is 0 Å².